The Kier molecular flexibility index (Phi) is 7.51. The fourth-order valence-electron chi connectivity index (χ4n) is 0.958. The van der Waals surface area contributed by atoms with Crippen LogP contribution < -0.4 is 5.32 Å². The van der Waals surface area contributed by atoms with E-state index >= 15 is 0 Å². The molecule has 0 spiro atoms. The Balaban J connectivity index is 3.76. The summed E-state index contributed by atoms with van der Waals surface area (Å²) in [4.78, 5) is 21.0. The molecular formula is C9H17NO3S. The minimum absolute atomic E-state index is 0.0694. The zero-order chi connectivity index (χ0) is 11.0. The van der Waals surface area contributed by atoms with Crippen molar-refractivity contribution < 1.29 is 14.7 Å². The van der Waals surface area contributed by atoms with Crippen molar-refractivity contribution in [3.8, 4) is 0 Å². The third kappa shape index (κ3) is 8.07. The normalized spacial score (nSPS) is 12.4. The lowest BCUT2D eigenvalue weighted by Crippen LogP contribution is -2.31. The first-order valence-corrected chi connectivity index (χ1v) is 5.67. The third-order valence-corrected chi connectivity index (χ3v) is 2.70. The van der Waals surface area contributed by atoms with Crippen molar-refractivity contribution in [2.75, 3.05) is 12.3 Å². The summed E-state index contributed by atoms with van der Waals surface area (Å²) < 4.78 is 0. The number of hydrogen-bond acceptors (Lipinski definition) is 4. The number of carboxylic acids is 1. The molecule has 0 saturated heterocycles. The Hall–Kier alpha value is -0.550. The maximum atomic E-state index is 10.7. The summed E-state index contributed by atoms with van der Waals surface area (Å²) in [6.07, 6.45) is 0.698. The van der Waals surface area contributed by atoms with Crippen molar-refractivity contribution in [1.82, 2.24) is 5.32 Å². The van der Waals surface area contributed by atoms with Crippen molar-refractivity contribution in [3.63, 3.8) is 0 Å². The van der Waals surface area contributed by atoms with Gasteiger partial charge >= 0.3 is 5.97 Å². The molecule has 0 radical (unpaired) electrons. The van der Waals surface area contributed by atoms with Gasteiger partial charge in [-0.2, -0.15) is 0 Å². The molecule has 1 atom stereocenters. The molecule has 0 fully saturated rings. The number of carboxylic acid groups (broad SMARTS) is 1. The molecule has 0 aliphatic heterocycles. The van der Waals surface area contributed by atoms with Gasteiger partial charge in [-0.1, -0.05) is 6.92 Å². The van der Waals surface area contributed by atoms with Gasteiger partial charge in [0, 0.05) is 6.42 Å². The molecule has 0 aromatic carbocycles. The molecule has 0 amide bonds. The van der Waals surface area contributed by atoms with Gasteiger partial charge in [0.1, 0.15) is 5.78 Å². The minimum atomic E-state index is -0.795. The van der Waals surface area contributed by atoms with E-state index in [0.717, 1.165) is 5.75 Å². The number of nitrogens with one attached hydrogen (secondary N) is 1. The van der Waals surface area contributed by atoms with Crippen molar-refractivity contribution >= 4 is 23.5 Å². The molecule has 2 N–H and O–H groups in total. The highest BCUT2D eigenvalue weighted by Crippen LogP contribution is 2.12. The summed E-state index contributed by atoms with van der Waals surface area (Å²) in [5.41, 5.74) is 0. The zero-order valence-corrected chi connectivity index (χ0v) is 9.39. The molecule has 0 bridgehead atoms. The van der Waals surface area contributed by atoms with E-state index in [1.807, 2.05) is 6.92 Å². The van der Waals surface area contributed by atoms with E-state index in [4.69, 9.17) is 5.11 Å². The van der Waals surface area contributed by atoms with Gasteiger partial charge in [0.15, 0.2) is 0 Å². The van der Waals surface area contributed by atoms with Gasteiger partial charge in [0.25, 0.3) is 0 Å². The summed E-state index contributed by atoms with van der Waals surface area (Å²) in [5.74, 6) is 0.188. The second-order valence-electron chi connectivity index (χ2n) is 2.96. The second kappa shape index (κ2) is 7.82. The average Bonchev–Trinajstić information content (AvgIpc) is 2.09. The van der Waals surface area contributed by atoms with Crippen molar-refractivity contribution in [1.29, 1.82) is 0 Å². The summed E-state index contributed by atoms with van der Waals surface area (Å²) in [7, 11) is 0. The van der Waals surface area contributed by atoms with E-state index in [-0.39, 0.29) is 17.6 Å². The topological polar surface area (TPSA) is 66.4 Å². The van der Waals surface area contributed by atoms with Crippen LogP contribution in [0.25, 0.3) is 0 Å². The number of hydrogen-bond donors (Lipinski definition) is 2. The van der Waals surface area contributed by atoms with Gasteiger partial charge in [-0.3, -0.25) is 14.9 Å². The molecule has 5 heteroatoms. The molecule has 4 nitrogen and oxygen atoms in total. The lowest BCUT2D eigenvalue weighted by atomic mass is 10.3. The fourth-order valence-corrected chi connectivity index (χ4v) is 1.85. The number of ketones is 1. The molecular weight excluding hydrogens is 202 g/mol. The van der Waals surface area contributed by atoms with Crippen LogP contribution in [0.4, 0.5) is 0 Å². The molecule has 0 aliphatic carbocycles. The van der Waals surface area contributed by atoms with Gasteiger partial charge in [-0.05, 0) is 19.1 Å². The van der Waals surface area contributed by atoms with Crippen LogP contribution in [0.15, 0.2) is 0 Å². The largest absolute Gasteiger partial charge is 0.481 e. The monoisotopic (exact) mass is 219 g/mol. The first-order valence-electron chi connectivity index (χ1n) is 4.62. The van der Waals surface area contributed by atoms with E-state index in [2.05, 4.69) is 5.32 Å². The molecule has 0 heterocycles. The number of aliphatic carboxylic acids is 1. The van der Waals surface area contributed by atoms with Gasteiger partial charge in [-0.15, -0.1) is 11.8 Å². The lowest BCUT2D eigenvalue weighted by molar-refractivity contribution is -0.137. The van der Waals surface area contributed by atoms with Crippen LogP contribution in [0.2, 0.25) is 0 Å². The molecule has 0 aliphatic rings. The molecule has 14 heavy (non-hydrogen) atoms. The number of rotatable bonds is 8. The number of carbonyl (C=O) groups excluding carboxylic acids is 1. The Morgan fingerprint density at radius 2 is 2.14 bits per heavy atom. The molecule has 0 rings (SSSR count). The summed E-state index contributed by atoms with van der Waals surface area (Å²) >= 11 is 1.63. The van der Waals surface area contributed by atoms with Gasteiger partial charge in [-0.25, -0.2) is 0 Å². The van der Waals surface area contributed by atoms with E-state index < -0.39 is 5.97 Å². The lowest BCUT2D eigenvalue weighted by Gasteiger charge is -2.15. The SMILES string of the molecule is CCSC(CCC(=O)O)NCC(C)=O. The highest BCUT2D eigenvalue weighted by molar-refractivity contribution is 7.99. The standard InChI is InChI=1S/C9H17NO3S/c1-3-14-8(4-5-9(12)13)10-6-7(2)11/h8,10H,3-6H2,1-2H3,(H,12,13). The molecule has 0 aromatic heterocycles. The third-order valence-electron chi connectivity index (χ3n) is 1.57. The zero-order valence-electron chi connectivity index (χ0n) is 8.58. The maximum absolute atomic E-state index is 10.7. The fraction of sp³-hybridized carbons (Fsp3) is 0.778. The Labute approximate surface area is 88.4 Å². The van der Waals surface area contributed by atoms with Crippen LogP contribution in [0.5, 0.6) is 0 Å². The Bertz CT molecular complexity index is 178. The highest BCUT2D eigenvalue weighted by atomic mass is 32.2. The van der Waals surface area contributed by atoms with E-state index in [9.17, 15) is 9.59 Å². The average molecular weight is 219 g/mol. The number of Topliss-reactive ketones (excluding diaryl/α,β-unsaturated/α-hetero) is 1. The molecule has 0 aromatic rings. The van der Waals surface area contributed by atoms with Crippen molar-refractivity contribution in [2.45, 2.75) is 32.1 Å². The summed E-state index contributed by atoms with van der Waals surface area (Å²) in [6, 6.07) is 0. The molecule has 0 saturated carbocycles. The van der Waals surface area contributed by atoms with E-state index in [1.165, 1.54) is 6.92 Å². The highest BCUT2D eigenvalue weighted by Gasteiger charge is 2.10. The molecule has 1 unspecified atom stereocenters. The van der Waals surface area contributed by atoms with Crippen LogP contribution in [-0.4, -0.2) is 34.5 Å². The number of thioether (sulfide) groups is 1. The van der Waals surface area contributed by atoms with Crippen LogP contribution in [0, 0.1) is 0 Å². The van der Waals surface area contributed by atoms with Crippen LogP contribution >= 0.6 is 11.8 Å². The number of carbonyl (C=O) groups is 2. The van der Waals surface area contributed by atoms with Gasteiger partial charge in [0.2, 0.25) is 0 Å². The first kappa shape index (κ1) is 13.4. The van der Waals surface area contributed by atoms with Gasteiger partial charge < -0.3 is 5.11 Å². The molecule has 82 valence electrons. The van der Waals surface area contributed by atoms with E-state index in [0.29, 0.717) is 13.0 Å². The predicted octanol–water partition coefficient (Wildman–Crippen LogP) is 1.11. The minimum Gasteiger partial charge on any atom is -0.481 e. The second-order valence-corrected chi connectivity index (χ2v) is 4.44. The first-order chi connectivity index (χ1) is 6.56. The predicted molar refractivity (Wildman–Crippen MR) is 57.5 cm³/mol. The van der Waals surface area contributed by atoms with Crippen LogP contribution in [0.3, 0.4) is 0 Å². The quantitative estimate of drug-likeness (QED) is 0.599. The Morgan fingerprint density at radius 1 is 1.50 bits per heavy atom. The Morgan fingerprint density at radius 3 is 2.57 bits per heavy atom. The van der Waals surface area contributed by atoms with Crippen molar-refractivity contribution in [2.24, 2.45) is 0 Å². The van der Waals surface area contributed by atoms with Gasteiger partial charge in [0.05, 0.1) is 11.9 Å². The maximum Gasteiger partial charge on any atom is 0.303 e. The summed E-state index contributed by atoms with van der Waals surface area (Å²) in [5, 5.41) is 11.6. The smallest absolute Gasteiger partial charge is 0.303 e. The van der Waals surface area contributed by atoms with Crippen LogP contribution in [0.1, 0.15) is 26.7 Å². The summed E-state index contributed by atoms with van der Waals surface area (Å²) in [6.45, 7) is 3.84. The van der Waals surface area contributed by atoms with Crippen LogP contribution in [-0.2, 0) is 9.59 Å². The van der Waals surface area contributed by atoms with Crippen molar-refractivity contribution in [3.05, 3.63) is 0 Å². The van der Waals surface area contributed by atoms with E-state index in [1.54, 1.807) is 11.8 Å².